The van der Waals surface area contributed by atoms with Gasteiger partial charge in [-0.3, -0.25) is 0 Å². The second-order valence-electron chi connectivity index (χ2n) is 7.55. The highest BCUT2D eigenvalue weighted by atomic mass is 79.9. The second-order valence-corrected chi connectivity index (χ2v) is 8.41. The summed E-state index contributed by atoms with van der Waals surface area (Å²) in [5.41, 5.74) is 0.838. The van der Waals surface area contributed by atoms with Crippen LogP contribution in [0.15, 0.2) is 34.9 Å². The number of hydrogen-bond acceptors (Lipinski definition) is 2. The van der Waals surface area contributed by atoms with E-state index in [9.17, 15) is 4.79 Å². The molecule has 24 heavy (non-hydrogen) atoms. The molecular weight excluding hydrogens is 368 g/mol. The molecule has 0 aliphatic carbocycles. The smallest absolute Gasteiger partial charge is 0.410 e. The first-order valence-corrected chi connectivity index (χ1v) is 9.34. The molecule has 1 aromatic carbocycles. The first-order valence-electron chi connectivity index (χ1n) is 8.55. The maximum absolute atomic E-state index is 12.1. The third-order valence-corrected chi connectivity index (χ3v) is 5.17. The Kier molecular flexibility index (Phi) is 4.90. The standard InChI is InChI=1S/C19H25BrN2O2/c1-19(2,3)24-18(23)21-10-7-14(8-11-21)13-22-12-9-15-16(20)5-4-6-17(15)22/h4-6,9,12,14H,7-8,10-11,13H2,1-3H3. The number of ether oxygens (including phenoxy) is 1. The molecule has 5 heteroatoms. The molecule has 4 nitrogen and oxygen atoms in total. The maximum atomic E-state index is 12.1. The van der Waals surface area contributed by atoms with Gasteiger partial charge in [-0.1, -0.05) is 22.0 Å². The van der Waals surface area contributed by atoms with Crippen molar-refractivity contribution < 1.29 is 9.53 Å². The lowest BCUT2D eigenvalue weighted by molar-refractivity contribution is 0.0178. The molecule has 0 spiro atoms. The molecule has 1 aliphatic heterocycles. The van der Waals surface area contributed by atoms with Crippen molar-refractivity contribution in [3.05, 3.63) is 34.9 Å². The van der Waals surface area contributed by atoms with Crippen LogP contribution in [0.25, 0.3) is 10.9 Å². The Bertz CT molecular complexity index is 725. The summed E-state index contributed by atoms with van der Waals surface area (Å²) in [7, 11) is 0. The molecule has 1 aliphatic rings. The summed E-state index contributed by atoms with van der Waals surface area (Å²) in [6, 6.07) is 8.48. The summed E-state index contributed by atoms with van der Waals surface area (Å²) in [6.07, 6.45) is 4.02. The Morgan fingerprint density at radius 3 is 2.62 bits per heavy atom. The van der Waals surface area contributed by atoms with E-state index in [1.165, 1.54) is 10.9 Å². The van der Waals surface area contributed by atoms with Crippen LogP contribution in [-0.4, -0.2) is 34.3 Å². The average molecular weight is 393 g/mol. The van der Waals surface area contributed by atoms with Crippen molar-refractivity contribution in [1.29, 1.82) is 0 Å². The molecule has 2 aromatic rings. The topological polar surface area (TPSA) is 34.5 Å². The zero-order valence-electron chi connectivity index (χ0n) is 14.6. The number of fused-ring (bicyclic) bond motifs is 1. The molecule has 0 unspecified atom stereocenters. The lowest BCUT2D eigenvalue weighted by atomic mass is 9.97. The van der Waals surface area contributed by atoms with Crippen LogP contribution in [0.1, 0.15) is 33.6 Å². The lowest BCUT2D eigenvalue weighted by Crippen LogP contribution is -2.42. The summed E-state index contributed by atoms with van der Waals surface area (Å²) >= 11 is 3.61. The molecule has 3 rings (SSSR count). The van der Waals surface area contributed by atoms with E-state index >= 15 is 0 Å². The molecule has 2 heterocycles. The van der Waals surface area contributed by atoms with Crippen molar-refractivity contribution in [2.75, 3.05) is 13.1 Å². The fourth-order valence-corrected chi connectivity index (χ4v) is 3.74. The molecule has 130 valence electrons. The molecule has 1 saturated heterocycles. The number of halogens is 1. The van der Waals surface area contributed by atoms with Crippen LogP contribution in [0.3, 0.4) is 0 Å². The minimum absolute atomic E-state index is 0.184. The van der Waals surface area contributed by atoms with E-state index in [0.717, 1.165) is 36.9 Å². The fourth-order valence-electron chi connectivity index (χ4n) is 3.25. The van der Waals surface area contributed by atoms with Gasteiger partial charge in [-0.15, -0.1) is 0 Å². The fraction of sp³-hybridized carbons (Fsp3) is 0.526. The van der Waals surface area contributed by atoms with Gasteiger partial charge in [-0.05, 0) is 57.7 Å². The van der Waals surface area contributed by atoms with Crippen molar-refractivity contribution in [1.82, 2.24) is 9.47 Å². The number of aromatic nitrogens is 1. The quantitative estimate of drug-likeness (QED) is 0.716. The Morgan fingerprint density at radius 1 is 1.25 bits per heavy atom. The number of amides is 1. The van der Waals surface area contributed by atoms with E-state index in [2.05, 4.69) is 51.0 Å². The first kappa shape index (κ1) is 17.3. The van der Waals surface area contributed by atoms with Crippen LogP contribution in [0.4, 0.5) is 4.79 Å². The largest absolute Gasteiger partial charge is 0.444 e. The Labute approximate surface area is 151 Å². The second kappa shape index (κ2) is 6.79. The van der Waals surface area contributed by atoms with Crippen molar-refractivity contribution in [2.45, 2.75) is 45.8 Å². The minimum atomic E-state index is -0.425. The van der Waals surface area contributed by atoms with Crippen LogP contribution in [0, 0.1) is 5.92 Å². The van der Waals surface area contributed by atoms with Crippen molar-refractivity contribution in [3.8, 4) is 0 Å². The van der Waals surface area contributed by atoms with Crippen LogP contribution >= 0.6 is 15.9 Å². The number of rotatable bonds is 2. The van der Waals surface area contributed by atoms with E-state index in [0.29, 0.717) is 5.92 Å². The van der Waals surface area contributed by atoms with Gasteiger partial charge >= 0.3 is 6.09 Å². The number of carbonyl (C=O) groups is 1. The Hall–Kier alpha value is -1.49. The SMILES string of the molecule is CC(C)(C)OC(=O)N1CCC(Cn2ccc3c(Br)cccc32)CC1. The highest BCUT2D eigenvalue weighted by Crippen LogP contribution is 2.27. The number of piperidine rings is 1. The molecule has 0 bridgehead atoms. The maximum Gasteiger partial charge on any atom is 0.410 e. The third-order valence-electron chi connectivity index (χ3n) is 4.48. The van der Waals surface area contributed by atoms with Crippen molar-refractivity contribution in [2.24, 2.45) is 5.92 Å². The van der Waals surface area contributed by atoms with E-state index in [1.807, 2.05) is 25.7 Å². The van der Waals surface area contributed by atoms with E-state index in [-0.39, 0.29) is 6.09 Å². The number of hydrogen-bond donors (Lipinski definition) is 0. The zero-order valence-corrected chi connectivity index (χ0v) is 16.2. The summed E-state index contributed by atoms with van der Waals surface area (Å²) in [5.74, 6) is 0.596. The highest BCUT2D eigenvalue weighted by molar-refractivity contribution is 9.10. The molecule has 0 atom stereocenters. The monoisotopic (exact) mass is 392 g/mol. The molecule has 0 saturated carbocycles. The summed E-state index contributed by atoms with van der Waals surface area (Å²) in [6.45, 7) is 8.29. The summed E-state index contributed by atoms with van der Waals surface area (Å²) in [5, 5.41) is 1.25. The Morgan fingerprint density at radius 2 is 1.96 bits per heavy atom. The zero-order chi connectivity index (χ0) is 17.3. The average Bonchev–Trinajstić information content (AvgIpc) is 2.91. The number of benzene rings is 1. The number of likely N-dealkylation sites (tertiary alicyclic amines) is 1. The van der Waals surface area contributed by atoms with Crippen LogP contribution in [0.2, 0.25) is 0 Å². The van der Waals surface area contributed by atoms with Gasteiger partial charge in [0.15, 0.2) is 0 Å². The van der Waals surface area contributed by atoms with Crippen LogP contribution in [0.5, 0.6) is 0 Å². The molecule has 0 radical (unpaired) electrons. The molecule has 1 amide bonds. The summed E-state index contributed by atoms with van der Waals surface area (Å²) < 4.78 is 8.93. The van der Waals surface area contributed by atoms with Crippen molar-refractivity contribution in [3.63, 3.8) is 0 Å². The number of nitrogens with zero attached hydrogens (tertiary/aromatic N) is 2. The molecule has 0 N–H and O–H groups in total. The van der Waals surface area contributed by atoms with E-state index in [1.54, 1.807) is 0 Å². The minimum Gasteiger partial charge on any atom is -0.444 e. The first-order chi connectivity index (χ1) is 11.3. The van der Waals surface area contributed by atoms with Crippen LogP contribution < -0.4 is 0 Å². The van der Waals surface area contributed by atoms with Gasteiger partial charge in [-0.25, -0.2) is 4.79 Å². The predicted molar refractivity (Wildman–Crippen MR) is 100 cm³/mol. The predicted octanol–water partition coefficient (Wildman–Crippen LogP) is 5.05. The Balaban J connectivity index is 1.59. The van der Waals surface area contributed by atoms with Gasteiger partial charge in [0.2, 0.25) is 0 Å². The summed E-state index contributed by atoms with van der Waals surface area (Å²) in [4.78, 5) is 14.0. The molecule has 1 fully saturated rings. The molecule has 1 aromatic heterocycles. The third kappa shape index (κ3) is 3.94. The van der Waals surface area contributed by atoms with Gasteiger partial charge in [0.1, 0.15) is 5.60 Å². The van der Waals surface area contributed by atoms with Gasteiger partial charge in [-0.2, -0.15) is 0 Å². The highest BCUT2D eigenvalue weighted by Gasteiger charge is 2.27. The van der Waals surface area contributed by atoms with E-state index < -0.39 is 5.60 Å². The molecular formula is C19H25BrN2O2. The normalized spacial score (nSPS) is 16.6. The van der Waals surface area contributed by atoms with Crippen LogP contribution in [-0.2, 0) is 11.3 Å². The number of carbonyl (C=O) groups excluding carboxylic acids is 1. The van der Waals surface area contributed by atoms with Gasteiger partial charge in [0.25, 0.3) is 0 Å². The van der Waals surface area contributed by atoms with Gasteiger partial charge < -0.3 is 14.2 Å². The van der Waals surface area contributed by atoms with Gasteiger partial charge in [0, 0.05) is 41.2 Å². The van der Waals surface area contributed by atoms with E-state index in [4.69, 9.17) is 4.74 Å². The van der Waals surface area contributed by atoms with Crippen molar-refractivity contribution >= 4 is 32.9 Å². The lowest BCUT2D eigenvalue weighted by Gasteiger charge is -2.33. The van der Waals surface area contributed by atoms with Gasteiger partial charge in [0.05, 0.1) is 0 Å².